The fraction of sp³-hybridized carbons (Fsp3) is 0.579. The molecule has 5 nitrogen and oxygen atoms in total. The molecule has 1 saturated heterocycles. The minimum atomic E-state index is -0.873. The first-order chi connectivity index (χ1) is 11.0. The molecule has 24 heavy (non-hydrogen) atoms. The lowest BCUT2D eigenvalue weighted by Gasteiger charge is -2.31. The van der Waals surface area contributed by atoms with Crippen molar-refractivity contribution in [2.75, 3.05) is 6.54 Å². The Hall–Kier alpha value is -1.88. The third-order valence-corrected chi connectivity index (χ3v) is 4.43. The van der Waals surface area contributed by atoms with Crippen LogP contribution in [0.15, 0.2) is 24.3 Å². The summed E-state index contributed by atoms with van der Waals surface area (Å²) in [7, 11) is 0. The van der Waals surface area contributed by atoms with Gasteiger partial charge < -0.3 is 15.3 Å². The SMILES string of the molecule is CC(C)(O)c1ccc(CNC(=O)C2CC(=O)N(C(C)(C)C)C2)cc1. The first kappa shape index (κ1) is 18.5. The van der Waals surface area contributed by atoms with E-state index in [4.69, 9.17) is 0 Å². The van der Waals surface area contributed by atoms with E-state index >= 15 is 0 Å². The van der Waals surface area contributed by atoms with Crippen LogP contribution >= 0.6 is 0 Å². The summed E-state index contributed by atoms with van der Waals surface area (Å²) in [6, 6.07) is 7.52. The van der Waals surface area contributed by atoms with Gasteiger partial charge in [0.05, 0.1) is 11.5 Å². The predicted molar refractivity (Wildman–Crippen MR) is 93.1 cm³/mol. The molecule has 5 heteroatoms. The molecule has 2 N–H and O–H groups in total. The lowest BCUT2D eigenvalue weighted by Crippen LogP contribution is -2.43. The van der Waals surface area contributed by atoms with Crippen molar-refractivity contribution < 1.29 is 14.7 Å². The molecule has 1 aromatic rings. The third kappa shape index (κ3) is 4.35. The Morgan fingerprint density at radius 1 is 1.21 bits per heavy atom. The molecule has 1 aliphatic heterocycles. The van der Waals surface area contributed by atoms with E-state index in [2.05, 4.69) is 5.32 Å². The Morgan fingerprint density at radius 2 is 1.79 bits per heavy atom. The van der Waals surface area contributed by atoms with Gasteiger partial charge in [-0.25, -0.2) is 0 Å². The maximum atomic E-state index is 12.3. The average molecular weight is 332 g/mol. The zero-order chi connectivity index (χ0) is 18.1. The monoisotopic (exact) mass is 332 g/mol. The number of aliphatic hydroxyl groups is 1. The Kier molecular flexibility index (Phi) is 5.04. The summed E-state index contributed by atoms with van der Waals surface area (Å²) in [5.41, 5.74) is 0.676. The lowest BCUT2D eigenvalue weighted by molar-refractivity contribution is -0.132. The maximum Gasteiger partial charge on any atom is 0.225 e. The quantitative estimate of drug-likeness (QED) is 0.888. The van der Waals surface area contributed by atoms with Crippen LogP contribution in [0.4, 0.5) is 0 Å². The summed E-state index contributed by atoms with van der Waals surface area (Å²) in [4.78, 5) is 26.2. The summed E-state index contributed by atoms with van der Waals surface area (Å²) in [6.45, 7) is 10.3. The van der Waals surface area contributed by atoms with Gasteiger partial charge in [-0.3, -0.25) is 9.59 Å². The van der Waals surface area contributed by atoms with E-state index in [0.717, 1.165) is 11.1 Å². The van der Waals surface area contributed by atoms with Crippen molar-refractivity contribution in [1.29, 1.82) is 0 Å². The van der Waals surface area contributed by atoms with E-state index in [-0.39, 0.29) is 29.7 Å². The van der Waals surface area contributed by atoms with Crippen molar-refractivity contribution in [2.24, 2.45) is 5.92 Å². The summed E-state index contributed by atoms with van der Waals surface area (Å²) in [5.74, 6) is -0.328. The van der Waals surface area contributed by atoms with Gasteiger partial charge in [0, 0.05) is 25.0 Å². The van der Waals surface area contributed by atoms with E-state index in [1.54, 1.807) is 18.7 Å². The largest absolute Gasteiger partial charge is 0.386 e. The van der Waals surface area contributed by atoms with Crippen molar-refractivity contribution in [2.45, 2.75) is 58.7 Å². The van der Waals surface area contributed by atoms with E-state index in [1.807, 2.05) is 45.0 Å². The van der Waals surface area contributed by atoms with E-state index in [9.17, 15) is 14.7 Å². The molecular formula is C19H28N2O3. The Labute approximate surface area is 144 Å². The van der Waals surface area contributed by atoms with Gasteiger partial charge in [0.1, 0.15) is 0 Å². The number of likely N-dealkylation sites (tertiary alicyclic amines) is 1. The normalized spacial score (nSPS) is 18.8. The Balaban J connectivity index is 1.91. The van der Waals surface area contributed by atoms with Crippen molar-refractivity contribution in [3.05, 3.63) is 35.4 Å². The highest BCUT2D eigenvalue weighted by Crippen LogP contribution is 2.26. The van der Waals surface area contributed by atoms with Gasteiger partial charge in [-0.1, -0.05) is 24.3 Å². The first-order valence-corrected chi connectivity index (χ1v) is 8.38. The molecule has 1 unspecified atom stereocenters. The van der Waals surface area contributed by atoms with Gasteiger partial charge in [-0.15, -0.1) is 0 Å². The van der Waals surface area contributed by atoms with Crippen LogP contribution in [0.25, 0.3) is 0 Å². The number of hydrogen-bond acceptors (Lipinski definition) is 3. The zero-order valence-electron chi connectivity index (χ0n) is 15.2. The molecule has 0 radical (unpaired) electrons. The third-order valence-electron chi connectivity index (χ3n) is 4.43. The molecule has 1 aromatic carbocycles. The van der Waals surface area contributed by atoms with Gasteiger partial charge >= 0.3 is 0 Å². The maximum absolute atomic E-state index is 12.3. The second kappa shape index (κ2) is 6.55. The van der Waals surface area contributed by atoms with Gasteiger partial charge in [-0.2, -0.15) is 0 Å². The summed E-state index contributed by atoms with van der Waals surface area (Å²) in [6.07, 6.45) is 0.279. The molecule has 0 spiro atoms. The molecular weight excluding hydrogens is 304 g/mol. The minimum Gasteiger partial charge on any atom is -0.386 e. The molecule has 1 aliphatic rings. The molecule has 1 atom stereocenters. The lowest BCUT2D eigenvalue weighted by atomic mass is 9.97. The smallest absolute Gasteiger partial charge is 0.225 e. The number of hydrogen-bond donors (Lipinski definition) is 2. The topological polar surface area (TPSA) is 69.6 Å². The van der Waals surface area contributed by atoms with Gasteiger partial charge in [0.2, 0.25) is 11.8 Å². The van der Waals surface area contributed by atoms with Crippen molar-refractivity contribution >= 4 is 11.8 Å². The molecule has 0 bridgehead atoms. The Morgan fingerprint density at radius 3 is 2.25 bits per heavy atom. The van der Waals surface area contributed by atoms with E-state index in [0.29, 0.717) is 13.1 Å². The van der Waals surface area contributed by atoms with Crippen LogP contribution in [-0.4, -0.2) is 33.9 Å². The molecule has 2 amide bonds. The molecule has 2 rings (SSSR count). The van der Waals surface area contributed by atoms with Crippen molar-refractivity contribution in [3.8, 4) is 0 Å². The molecule has 0 aromatic heterocycles. The van der Waals surface area contributed by atoms with Crippen LogP contribution in [0, 0.1) is 5.92 Å². The fourth-order valence-corrected chi connectivity index (χ4v) is 2.90. The summed E-state index contributed by atoms with van der Waals surface area (Å²) in [5, 5.41) is 12.9. The highest BCUT2D eigenvalue weighted by atomic mass is 16.3. The zero-order valence-corrected chi connectivity index (χ0v) is 15.2. The molecule has 0 aliphatic carbocycles. The van der Waals surface area contributed by atoms with Crippen LogP contribution in [0.1, 0.15) is 52.2 Å². The number of nitrogens with one attached hydrogen (secondary N) is 1. The minimum absolute atomic E-state index is 0.0391. The van der Waals surface area contributed by atoms with Crippen LogP contribution in [0.3, 0.4) is 0 Å². The van der Waals surface area contributed by atoms with Crippen LogP contribution in [-0.2, 0) is 21.7 Å². The van der Waals surface area contributed by atoms with E-state index < -0.39 is 5.60 Å². The number of carbonyl (C=O) groups is 2. The highest BCUT2D eigenvalue weighted by Gasteiger charge is 2.39. The average Bonchev–Trinajstić information content (AvgIpc) is 2.86. The van der Waals surface area contributed by atoms with Gasteiger partial charge in [0.15, 0.2) is 0 Å². The number of rotatable bonds is 4. The van der Waals surface area contributed by atoms with Gasteiger partial charge in [-0.05, 0) is 45.7 Å². The van der Waals surface area contributed by atoms with Gasteiger partial charge in [0.25, 0.3) is 0 Å². The summed E-state index contributed by atoms with van der Waals surface area (Å²) < 4.78 is 0. The first-order valence-electron chi connectivity index (χ1n) is 8.38. The highest BCUT2D eigenvalue weighted by molar-refractivity contribution is 5.89. The van der Waals surface area contributed by atoms with Crippen LogP contribution in [0.5, 0.6) is 0 Å². The number of carbonyl (C=O) groups excluding carboxylic acids is 2. The Bertz CT molecular complexity index is 609. The van der Waals surface area contributed by atoms with Crippen molar-refractivity contribution in [3.63, 3.8) is 0 Å². The molecule has 1 fully saturated rings. The summed E-state index contributed by atoms with van der Waals surface area (Å²) >= 11 is 0. The second-order valence-electron chi connectivity index (χ2n) is 8.05. The fourth-order valence-electron chi connectivity index (χ4n) is 2.90. The standard InChI is InChI=1S/C19H28N2O3/c1-18(2,3)21-12-14(10-16(21)22)17(23)20-11-13-6-8-15(9-7-13)19(4,5)24/h6-9,14,24H,10-12H2,1-5H3,(H,20,23). The molecule has 132 valence electrons. The van der Waals surface area contributed by atoms with Crippen LogP contribution in [0.2, 0.25) is 0 Å². The van der Waals surface area contributed by atoms with E-state index in [1.165, 1.54) is 0 Å². The second-order valence-corrected chi connectivity index (χ2v) is 8.05. The van der Waals surface area contributed by atoms with Crippen molar-refractivity contribution in [1.82, 2.24) is 10.2 Å². The molecule has 0 saturated carbocycles. The van der Waals surface area contributed by atoms with Crippen LogP contribution < -0.4 is 5.32 Å². The number of amides is 2. The number of nitrogens with zero attached hydrogens (tertiary/aromatic N) is 1. The number of benzene rings is 1. The molecule has 1 heterocycles. The predicted octanol–water partition coefficient (Wildman–Crippen LogP) is 2.18.